The maximum atomic E-state index is 13.3. The third-order valence-electron chi connectivity index (χ3n) is 8.52. The highest BCUT2D eigenvalue weighted by Gasteiger charge is 2.30. The maximum Gasteiger partial charge on any atom is 0.326 e. The van der Waals surface area contributed by atoms with Gasteiger partial charge in [-0.05, 0) is 80.4 Å². The number of urea groups is 1. The normalized spacial score (nSPS) is 18.2. The van der Waals surface area contributed by atoms with Crippen LogP contribution >= 0.6 is 0 Å². The van der Waals surface area contributed by atoms with Gasteiger partial charge < -0.3 is 42.3 Å². The molecule has 14 heteroatoms. The molecule has 0 spiro atoms. The predicted octanol–water partition coefficient (Wildman–Crippen LogP) is 2.13. The number of carbonyl (C=O) groups is 6. The van der Waals surface area contributed by atoms with E-state index < -0.39 is 48.5 Å². The Kier molecular flexibility index (Phi) is 15.6. The van der Waals surface area contributed by atoms with Crippen LogP contribution in [0.3, 0.4) is 0 Å². The zero-order valence-corrected chi connectivity index (χ0v) is 27.5. The molecule has 14 nitrogen and oxygen atoms in total. The van der Waals surface area contributed by atoms with Crippen LogP contribution in [0, 0.1) is 11.8 Å². The number of benzene rings is 1. The number of amides is 4. The number of carbonyl (C=O) groups excluding carboxylic acids is 3. The molecule has 0 saturated heterocycles. The molecule has 1 aliphatic carbocycles. The summed E-state index contributed by atoms with van der Waals surface area (Å²) < 4.78 is 0. The van der Waals surface area contributed by atoms with Crippen molar-refractivity contribution in [2.75, 3.05) is 13.1 Å². The number of aliphatic carboxylic acids is 3. The molecule has 1 aromatic rings. The number of hydrogen-bond acceptors (Lipinski definition) is 7. The van der Waals surface area contributed by atoms with E-state index in [2.05, 4.69) is 42.0 Å². The van der Waals surface area contributed by atoms with Gasteiger partial charge in [-0.1, -0.05) is 45.0 Å². The molecular formula is C33H51N5O9. The molecule has 0 radical (unpaired) electrons. The largest absolute Gasteiger partial charge is 0.481 e. The Morgan fingerprint density at radius 3 is 1.89 bits per heavy atom. The van der Waals surface area contributed by atoms with Crippen molar-refractivity contribution in [3.8, 4) is 0 Å². The molecule has 1 aliphatic rings. The van der Waals surface area contributed by atoms with E-state index in [0.29, 0.717) is 31.7 Å². The summed E-state index contributed by atoms with van der Waals surface area (Å²) in [6.45, 7) is 7.13. The zero-order valence-electron chi connectivity index (χ0n) is 27.5. The van der Waals surface area contributed by atoms with Crippen LogP contribution < -0.4 is 27.0 Å². The second-order valence-corrected chi connectivity index (χ2v) is 13.3. The van der Waals surface area contributed by atoms with Crippen LogP contribution in [0.15, 0.2) is 24.3 Å². The minimum Gasteiger partial charge on any atom is -0.481 e. The molecule has 1 fully saturated rings. The number of nitrogens with two attached hydrogens (primary N) is 1. The Bertz CT molecular complexity index is 1220. The van der Waals surface area contributed by atoms with Gasteiger partial charge in [-0.3, -0.25) is 14.4 Å². The summed E-state index contributed by atoms with van der Waals surface area (Å²) in [5, 5.41) is 37.6. The van der Waals surface area contributed by atoms with E-state index in [4.69, 9.17) is 10.8 Å². The number of carboxylic acids is 3. The van der Waals surface area contributed by atoms with Crippen LogP contribution in [0.2, 0.25) is 0 Å². The Morgan fingerprint density at radius 2 is 1.38 bits per heavy atom. The van der Waals surface area contributed by atoms with Crippen LogP contribution in [-0.4, -0.2) is 82.3 Å². The van der Waals surface area contributed by atoms with E-state index in [1.807, 2.05) is 24.3 Å². The molecule has 0 aliphatic heterocycles. The summed E-state index contributed by atoms with van der Waals surface area (Å²) in [7, 11) is 0. The number of nitrogens with one attached hydrogen (secondary N) is 4. The van der Waals surface area contributed by atoms with Gasteiger partial charge in [0.1, 0.15) is 18.1 Å². The van der Waals surface area contributed by atoms with Crippen molar-refractivity contribution in [3.05, 3.63) is 35.4 Å². The first-order valence-electron chi connectivity index (χ1n) is 16.2. The molecule has 0 heterocycles. The molecule has 262 valence electrons. The third kappa shape index (κ3) is 14.0. The summed E-state index contributed by atoms with van der Waals surface area (Å²) in [6.07, 6.45) is 3.30. The quantitative estimate of drug-likeness (QED) is 0.107. The van der Waals surface area contributed by atoms with E-state index in [-0.39, 0.29) is 42.5 Å². The van der Waals surface area contributed by atoms with Crippen LogP contribution in [0.25, 0.3) is 0 Å². The standard InChI is InChI=1S/C33H51N5O9/c1-33(2,3)23-13-9-20(10-14-23)18-26(36-28(41)22-11-7-21(19-34)8-12-22)29(42)35-17-5-4-6-24(30(43)44)37-32(47)38-25(31(45)46)15-16-27(39)40/h9-10,13-14,21-22,24-26H,4-8,11-12,15-19,34H2,1-3H3,(H,35,42)(H,36,41)(H,39,40)(H,43,44)(H,45,46)(H2,37,38,47)/t21?,22?,24-,25-,26-/m0/s1. The van der Waals surface area contributed by atoms with Gasteiger partial charge in [0, 0.05) is 25.3 Å². The fraction of sp³-hybridized carbons (Fsp3) is 0.636. The molecule has 4 amide bonds. The lowest BCUT2D eigenvalue weighted by molar-refractivity contribution is -0.141. The van der Waals surface area contributed by atoms with E-state index >= 15 is 0 Å². The monoisotopic (exact) mass is 661 g/mol. The molecule has 0 unspecified atom stereocenters. The molecule has 47 heavy (non-hydrogen) atoms. The van der Waals surface area contributed by atoms with Crippen molar-refractivity contribution in [2.24, 2.45) is 17.6 Å². The Labute approximate surface area is 275 Å². The van der Waals surface area contributed by atoms with Crippen LogP contribution in [0.4, 0.5) is 4.79 Å². The maximum absolute atomic E-state index is 13.3. The van der Waals surface area contributed by atoms with Gasteiger partial charge in [-0.2, -0.15) is 0 Å². The molecule has 3 atom stereocenters. The molecule has 1 saturated carbocycles. The van der Waals surface area contributed by atoms with Crippen molar-refractivity contribution in [1.82, 2.24) is 21.3 Å². The van der Waals surface area contributed by atoms with Gasteiger partial charge >= 0.3 is 23.9 Å². The fourth-order valence-corrected chi connectivity index (χ4v) is 5.48. The highest BCUT2D eigenvalue weighted by Crippen LogP contribution is 2.28. The van der Waals surface area contributed by atoms with Gasteiger partial charge in [0.15, 0.2) is 0 Å². The lowest BCUT2D eigenvalue weighted by Gasteiger charge is -2.28. The third-order valence-corrected chi connectivity index (χ3v) is 8.52. The molecule has 1 aromatic carbocycles. The van der Waals surface area contributed by atoms with Crippen molar-refractivity contribution in [3.63, 3.8) is 0 Å². The smallest absolute Gasteiger partial charge is 0.326 e. The average molecular weight is 662 g/mol. The van der Waals surface area contributed by atoms with Crippen LogP contribution in [-0.2, 0) is 35.8 Å². The molecule has 9 N–H and O–H groups in total. The molecular weight excluding hydrogens is 610 g/mol. The Hall–Kier alpha value is -4.20. The van der Waals surface area contributed by atoms with Gasteiger partial charge in [0.2, 0.25) is 11.8 Å². The van der Waals surface area contributed by atoms with E-state index in [1.54, 1.807) is 0 Å². The topological polar surface area (TPSA) is 237 Å². The lowest BCUT2D eigenvalue weighted by Crippen LogP contribution is -2.51. The molecule has 0 bridgehead atoms. The Morgan fingerprint density at radius 1 is 0.809 bits per heavy atom. The summed E-state index contributed by atoms with van der Waals surface area (Å²) in [5.41, 5.74) is 7.80. The summed E-state index contributed by atoms with van der Waals surface area (Å²) >= 11 is 0. The highest BCUT2D eigenvalue weighted by atomic mass is 16.4. The highest BCUT2D eigenvalue weighted by molar-refractivity contribution is 5.89. The number of hydrogen-bond donors (Lipinski definition) is 8. The first-order chi connectivity index (χ1) is 22.1. The van der Waals surface area contributed by atoms with Crippen molar-refractivity contribution in [1.29, 1.82) is 0 Å². The predicted molar refractivity (Wildman–Crippen MR) is 174 cm³/mol. The Balaban J connectivity index is 1.94. The van der Waals surface area contributed by atoms with E-state index in [0.717, 1.165) is 36.8 Å². The fourth-order valence-electron chi connectivity index (χ4n) is 5.48. The zero-order chi connectivity index (χ0) is 35.1. The van der Waals surface area contributed by atoms with Crippen molar-refractivity contribution >= 4 is 35.8 Å². The first kappa shape index (κ1) is 39.0. The number of carboxylic acid groups (broad SMARTS) is 3. The number of rotatable bonds is 18. The first-order valence-corrected chi connectivity index (χ1v) is 16.2. The second-order valence-electron chi connectivity index (χ2n) is 13.3. The van der Waals surface area contributed by atoms with Gasteiger partial charge in [-0.25, -0.2) is 14.4 Å². The van der Waals surface area contributed by atoms with Crippen LogP contribution in [0.1, 0.15) is 89.7 Å². The van der Waals surface area contributed by atoms with Crippen molar-refractivity contribution in [2.45, 2.75) is 109 Å². The SMILES string of the molecule is CC(C)(C)c1ccc(C[C@H](NC(=O)C2CCC(CN)CC2)C(=O)NCCCC[C@H](NC(=O)N[C@@H](CCC(=O)O)C(=O)O)C(=O)O)cc1. The van der Waals surface area contributed by atoms with E-state index in [9.17, 15) is 39.0 Å². The number of unbranched alkanes of at least 4 members (excludes halogenated alkanes) is 1. The van der Waals surface area contributed by atoms with Gasteiger partial charge in [0.25, 0.3) is 0 Å². The van der Waals surface area contributed by atoms with Crippen LogP contribution in [0.5, 0.6) is 0 Å². The summed E-state index contributed by atoms with van der Waals surface area (Å²) in [4.78, 5) is 72.5. The van der Waals surface area contributed by atoms with Crippen molar-refractivity contribution < 1.29 is 44.1 Å². The van der Waals surface area contributed by atoms with E-state index in [1.165, 1.54) is 0 Å². The summed E-state index contributed by atoms with van der Waals surface area (Å²) in [5.74, 6) is -4.30. The average Bonchev–Trinajstić information content (AvgIpc) is 3.01. The van der Waals surface area contributed by atoms with Gasteiger partial charge in [0.05, 0.1) is 0 Å². The minimum atomic E-state index is -1.50. The van der Waals surface area contributed by atoms with Gasteiger partial charge in [-0.15, -0.1) is 0 Å². The minimum absolute atomic E-state index is 0.00273. The molecule has 2 rings (SSSR count). The molecule has 0 aromatic heterocycles. The second kappa shape index (κ2) is 18.8. The lowest BCUT2D eigenvalue weighted by atomic mass is 9.81. The summed E-state index contributed by atoms with van der Waals surface area (Å²) in [6, 6.07) is 3.26.